The van der Waals surface area contributed by atoms with E-state index in [1.165, 1.54) is 12.8 Å². The van der Waals surface area contributed by atoms with Crippen LogP contribution in [-0.2, 0) is 11.3 Å². The van der Waals surface area contributed by atoms with Gasteiger partial charge in [0.15, 0.2) is 5.13 Å². The lowest BCUT2D eigenvalue weighted by Gasteiger charge is -2.31. The second kappa shape index (κ2) is 5.61. The first-order chi connectivity index (χ1) is 7.83. The van der Waals surface area contributed by atoms with Gasteiger partial charge in [-0.3, -0.25) is 0 Å². The monoisotopic (exact) mass is 241 g/mol. The van der Waals surface area contributed by atoms with Crippen LogP contribution in [0.15, 0.2) is 5.38 Å². The van der Waals surface area contributed by atoms with Crippen LogP contribution in [0.1, 0.15) is 18.5 Å². The summed E-state index contributed by atoms with van der Waals surface area (Å²) < 4.78 is 5.42. The van der Waals surface area contributed by atoms with Crippen LogP contribution >= 0.6 is 11.3 Å². The number of anilines is 1. The highest BCUT2D eigenvalue weighted by Gasteiger charge is 2.21. The van der Waals surface area contributed by atoms with E-state index in [1.807, 2.05) is 7.05 Å². The summed E-state index contributed by atoms with van der Waals surface area (Å²) >= 11 is 1.73. The largest absolute Gasteiger partial charge is 0.380 e. The van der Waals surface area contributed by atoms with Crippen LogP contribution in [0, 0.1) is 0 Å². The van der Waals surface area contributed by atoms with Crippen molar-refractivity contribution in [2.24, 2.45) is 0 Å². The minimum absolute atomic E-state index is 0.366. The van der Waals surface area contributed by atoms with Gasteiger partial charge in [0.05, 0.1) is 11.8 Å². The fraction of sp³-hybridized carbons (Fsp3) is 0.727. The average molecular weight is 241 g/mol. The number of rotatable bonds is 4. The molecule has 0 bridgehead atoms. The second-order valence-corrected chi connectivity index (χ2v) is 4.93. The molecule has 2 rings (SSSR count). The Morgan fingerprint density at radius 3 is 3.31 bits per heavy atom. The molecule has 0 saturated carbocycles. The number of ether oxygens (including phenoxy) is 1. The third kappa shape index (κ3) is 2.72. The Bertz CT molecular complexity index is 329. The van der Waals surface area contributed by atoms with Gasteiger partial charge in [-0.05, 0) is 19.9 Å². The molecule has 1 N–H and O–H groups in total. The molecular formula is C11H19N3OS. The van der Waals surface area contributed by atoms with E-state index in [1.54, 1.807) is 18.4 Å². The highest BCUT2D eigenvalue weighted by atomic mass is 32.1. The zero-order valence-electron chi connectivity index (χ0n) is 9.90. The zero-order chi connectivity index (χ0) is 11.4. The summed E-state index contributed by atoms with van der Waals surface area (Å²) in [6, 6.07) is 0. The van der Waals surface area contributed by atoms with E-state index < -0.39 is 0 Å². The maximum absolute atomic E-state index is 5.42. The molecular weight excluding hydrogens is 222 g/mol. The summed E-state index contributed by atoms with van der Waals surface area (Å²) in [5.41, 5.74) is 1.13. The zero-order valence-corrected chi connectivity index (χ0v) is 10.7. The number of nitrogens with one attached hydrogen (secondary N) is 1. The van der Waals surface area contributed by atoms with Crippen molar-refractivity contribution in [2.75, 3.05) is 32.1 Å². The molecule has 2 heterocycles. The summed E-state index contributed by atoms with van der Waals surface area (Å²) in [7, 11) is 3.74. The predicted octanol–water partition coefficient (Wildman–Crippen LogP) is 1.48. The van der Waals surface area contributed by atoms with E-state index in [0.29, 0.717) is 6.10 Å². The molecule has 0 aliphatic carbocycles. The number of aromatic nitrogens is 1. The first-order valence-corrected chi connectivity index (χ1v) is 6.58. The lowest BCUT2D eigenvalue weighted by Crippen LogP contribution is -2.39. The Kier molecular flexibility index (Phi) is 4.15. The van der Waals surface area contributed by atoms with Crippen molar-refractivity contribution in [3.05, 3.63) is 11.1 Å². The molecule has 4 nitrogen and oxygen atoms in total. The molecule has 1 aliphatic heterocycles. The minimum atomic E-state index is 0.366. The van der Waals surface area contributed by atoms with Crippen LogP contribution in [0.5, 0.6) is 0 Å². The molecule has 1 aliphatic rings. The fourth-order valence-electron chi connectivity index (χ4n) is 2.01. The van der Waals surface area contributed by atoms with Crippen LogP contribution in [0.4, 0.5) is 5.13 Å². The van der Waals surface area contributed by atoms with Crippen molar-refractivity contribution >= 4 is 16.5 Å². The molecule has 1 aromatic rings. The predicted molar refractivity (Wildman–Crippen MR) is 67.1 cm³/mol. The van der Waals surface area contributed by atoms with E-state index in [-0.39, 0.29) is 0 Å². The molecule has 1 atom stereocenters. The normalized spacial score (nSPS) is 21.4. The lowest BCUT2D eigenvalue weighted by atomic mass is 10.1. The third-order valence-corrected chi connectivity index (χ3v) is 3.83. The van der Waals surface area contributed by atoms with Crippen molar-refractivity contribution in [3.63, 3.8) is 0 Å². The Hall–Kier alpha value is -0.650. The smallest absolute Gasteiger partial charge is 0.185 e. The Morgan fingerprint density at radius 2 is 2.56 bits per heavy atom. The SMILES string of the molecule is CNCc1csc(N2CCCC(OC)C2)n1. The van der Waals surface area contributed by atoms with Crippen LogP contribution in [-0.4, -0.2) is 38.3 Å². The van der Waals surface area contributed by atoms with E-state index in [9.17, 15) is 0 Å². The highest BCUT2D eigenvalue weighted by Crippen LogP contribution is 2.24. The van der Waals surface area contributed by atoms with Crippen molar-refractivity contribution in [3.8, 4) is 0 Å². The molecule has 0 radical (unpaired) electrons. The second-order valence-electron chi connectivity index (χ2n) is 4.10. The fourth-order valence-corrected chi connectivity index (χ4v) is 2.87. The molecule has 1 fully saturated rings. The third-order valence-electron chi connectivity index (χ3n) is 2.88. The van der Waals surface area contributed by atoms with Crippen LogP contribution in [0.2, 0.25) is 0 Å². The van der Waals surface area contributed by atoms with Crippen LogP contribution < -0.4 is 10.2 Å². The van der Waals surface area contributed by atoms with Gasteiger partial charge in [-0.25, -0.2) is 4.98 Å². The maximum atomic E-state index is 5.42. The number of piperidine rings is 1. The van der Waals surface area contributed by atoms with E-state index in [4.69, 9.17) is 4.74 Å². The van der Waals surface area contributed by atoms with Crippen LogP contribution in [0.25, 0.3) is 0 Å². The first-order valence-electron chi connectivity index (χ1n) is 5.70. The van der Waals surface area contributed by atoms with Gasteiger partial charge in [0.25, 0.3) is 0 Å². The summed E-state index contributed by atoms with van der Waals surface area (Å²) in [4.78, 5) is 6.95. The van der Waals surface area contributed by atoms with Gasteiger partial charge < -0.3 is 15.0 Å². The van der Waals surface area contributed by atoms with Gasteiger partial charge in [-0.1, -0.05) is 0 Å². The Balaban J connectivity index is 1.99. The van der Waals surface area contributed by atoms with Gasteiger partial charge in [0.1, 0.15) is 0 Å². The van der Waals surface area contributed by atoms with Gasteiger partial charge in [-0.2, -0.15) is 0 Å². The number of thiazole rings is 1. The highest BCUT2D eigenvalue weighted by molar-refractivity contribution is 7.13. The summed E-state index contributed by atoms with van der Waals surface area (Å²) in [6.07, 6.45) is 2.73. The van der Waals surface area contributed by atoms with E-state index in [0.717, 1.165) is 30.5 Å². The summed E-state index contributed by atoms with van der Waals surface area (Å²) in [5.74, 6) is 0. The average Bonchev–Trinajstić information content (AvgIpc) is 2.78. The van der Waals surface area contributed by atoms with Gasteiger partial charge in [-0.15, -0.1) is 11.3 Å². The minimum Gasteiger partial charge on any atom is -0.380 e. The molecule has 16 heavy (non-hydrogen) atoms. The van der Waals surface area contributed by atoms with E-state index in [2.05, 4.69) is 20.6 Å². The summed E-state index contributed by atoms with van der Waals surface area (Å²) in [5, 5.41) is 6.38. The van der Waals surface area contributed by atoms with Gasteiger partial charge in [0.2, 0.25) is 0 Å². The molecule has 1 aromatic heterocycles. The maximum Gasteiger partial charge on any atom is 0.185 e. The van der Waals surface area contributed by atoms with Crippen molar-refractivity contribution in [1.82, 2.24) is 10.3 Å². The van der Waals surface area contributed by atoms with E-state index >= 15 is 0 Å². The molecule has 0 spiro atoms. The molecule has 90 valence electrons. The number of hydrogen-bond donors (Lipinski definition) is 1. The molecule has 5 heteroatoms. The molecule has 1 unspecified atom stereocenters. The number of hydrogen-bond acceptors (Lipinski definition) is 5. The molecule has 1 saturated heterocycles. The van der Waals surface area contributed by atoms with Gasteiger partial charge in [0, 0.05) is 32.1 Å². The Labute approximate surface area is 101 Å². The van der Waals surface area contributed by atoms with Crippen molar-refractivity contribution in [1.29, 1.82) is 0 Å². The van der Waals surface area contributed by atoms with Crippen LogP contribution in [0.3, 0.4) is 0 Å². The molecule has 0 amide bonds. The standard InChI is InChI=1S/C11H19N3OS/c1-12-6-9-8-16-11(13-9)14-5-3-4-10(7-14)15-2/h8,10,12H,3-7H2,1-2H3. The molecule has 0 aromatic carbocycles. The van der Waals surface area contributed by atoms with Crippen molar-refractivity contribution < 1.29 is 4.74 Å². The summed E-state index contributed by atoms with van der Waals surface area (Å²) in [6.45, 7) is 2.92. The lowest BCUT2D eigenvalue weighted by molar-refractivity contribution is 0.0893. The van der Waals surface area contributed by atoms with Crippen molar-refractivity contribution in [2.45, 2.75) is 25.5 Å². The number of methoxy groups -OCH3 is 1. The quantitative estimate of drug-likeness (QED) is 0.866. The topological polar surface area (TPSA) is 37.4 Å². The first kappa shape index (κ1) is 11.8. The Morgan fingerprint density at radius 1 is 1.69 bits per heavy atom. The number of nitrogens with zero attached hydrogens (tertiary/aromatic N) is 2. The van der Waals surface area contributed by atoms with Gasteiger partial charge >= 0.3 is 0 Å².